The van der Waals surface area contributed by atoms with Gasteiger partial charge in [-0.05, 0) is 19.1 Å². The third-order valence-corrected chi connectivity index (χ3v) is 2.76. The van der Waals surface area contributed by atoms with Crippen molar-refractivity contribution >= 4 is 16.0 Å². The van der Waals surface area contributed by atoms with E-state index < -0.39 is 38.0 Å². The number of halogens is 1. The van der Waals surface area contributed by atoms with Crippen molar-refractivity contribution in [2.45, 2.75) is 11.8 Å². The first kappa shape index (κ1) is 13.4. The Morgan fingerprint density at radius 3 is 2.53 bits per heavy atom. The minimum Gasteiger partial charge on any atom is -0.490 e. The van der Waals surface area contributed by atoms with Crippen molar-refractivity contribution in [3.8, 4) is 5.75 Å². The van der Waals surface area contributed by atoms with Crippen molar-refractivity contribution in [1.29, 1.82) is 0 Å². The van der Waals surface area contributed by atoms with Crippen LogP contribution in [0.3, 0.4) is 0 Å². The minimum absolute atomic E-state index is 0.0475. The first-order valence-corrected chi connectivity index (χ1v) is 6.04. The molecule has 0 heterocycles. The summed E-state index contributed by atoms with van der Waals surface area (Å²) in [5, 5.41) is 13.6. The molecule has 0 unspecified atom stereocenters. The van der Waals surface area contributed by atoms with E-state index in [-0.39, 0.29) is 6.61 Å². The van der Waals surface area contributed by atoms with Crippen molar-refractivity contribution in [2.75, 3.05) is 6.61 Å². The summed E-state index contributed by atoms with van der Waals surface area (Å²) in [4.78, 5) is 10.2. The number of rotatable bonds is 4. The van der Waals surface area contributed by atoms with Gasteiger partial charge in [0, 0.05) is 0 Å². The summed E-state index contributed by atoms with van der Waals surface area (Å²) in [6, 6.07) is 1.37. The zero-order chi connectivity index (χ0) is 13.2. The number of benzene rings is 1. The highest BCUT2D eigenvalue weighted by Gasteiger charge is 2.21. The van der Waals surface area contributed by atoms with Crippen LogP contribution < -0.4 is 9.88 Å². The van der Waals surface area contributed by atoms with Crippen LogP contribution in [0.5, 0.6) is 5.75 Å². The number of carboxylic acids is 1. The van der Waals surface area contributed by atoms with E-state index in [2.05, 4.69) is 0 Å². The molecule has 0 saturated heterocycles. The first-order valence-electron chi connectivity index (χ1n) is 4.49. The fourth-order valence-electron chi connectivity index (χ4n) is 1.18. The molecular weight excluding hydrogens is 253 g/mol. The Labute approximate surface area is 96.9 Å². The number of aromatic carboxylic acids is 1. The zero-order valence-corrected chi connectivity index (χ0v) is 9.62. The van der Waals surface area contributed by atoms with E-state index in [9.17, 15) is 17.6 Å². The molecule has 0 aliphatic heterocycles. The summed E-state index contributed by atoms with van der Waals surface area (Å²) >= 11 is 0. The van der Waals surface area contributed by atoms with Gasteiger partial charge >= 0.3 is 5.97 Å². The van der Waals surface area contributed by atoms with E-state index in [1.54, 1.807) is 6.92 Å². The van der Waals surface area contributed by atoms with Crippen LogP contribution in [0.2, 0.25) is 0 Å². The molecule has 0 saturated carbocycles. The molecule has 94 valence electrons. The number of carboxylic acid groups (broad SMARTS) is 1. The SMILES string of the molecule is CCOc1c(F)cc(S(N)(=O)=O)cc1C(=O)O. The van der Waals surface area contributed by atoms with Crippen molar-refractivity contribution < 1.29 is 27.4 Å². The maximum absolute atomic E-state index is 13.5. The van der Waals surface area contributed by atoms with Gasteiger partial charge in [-0.25, -0.2) is 22.7 Å². The molecule has 1 aromatic carbocycles. The fourth-order valence-corrected chi connectivity index (χ4v) is 1.73. The van der Waals surface area contributed by atoms with Crippen LogP contribution in [0.15, 0.2) is 17.0 Å². The maximum atomic E-state index is 13.5. The molecule has 0 amide bonds. The van der Waals surface area contributed by atoms with Crippen molar-refractivity contribution in [3.63, 3.8) is 0 Å². The Balaban J connectivity index is 3.52. The Bertz CT molecular complexity index is 555. The van der Waals surface area contributed by atoms with Crippen LogP contribution in [0, 0.1) is 5.82 Å². The van der Waals surface area contributed by atoms with Crippen LogP contribution in [-0.4, -0.2) is 26.1 Å². The van der Waals surface area contributed by atoms with E-state index in [1.165, 1.54) is 0 Å². The molecular formula is C9H10FNO5S. The van der Waals surface area contributed by atoms with Crippen LogP contribution in [-0.2, 0) is 10.0 Å². The number of ether oxygens (including phenoxy) is 1. The highest BCUT2D eigenvalue weighted by molar-refractivity contribution is 7.89. The average molecular weight is 263 g/mol. The standard InChI is InChI=1S/C9H10FNO5S/c1-2-16-8-6(9(12)13)3-5(4-7(8)10)17(11,14)15/h3-4H,2H2,1H3,(H,12,13)(H2,11,14,15). The topological polar surface area (TPSA) is 107 Å². The predicted octanol–water partition coefficient (Wildman–Crippen LogP) is 0.570. The van der Waals surface area contributed by atoms with Crippen molar-refractivity contribution in [3.05, 3.63) is 23.5 Å². The van der Waals surface area contributed by atoms with Gasteiger partial charge in [-0.15, -0.1) is 0 Å². The van der Waals surface area contributed by atoms with Crippen LogP contribution >= 0.6 is 0 Å². The Hall–Kier alpha value is -1.67. The number of primary sulfonamides is 1. The number of hydrogen-bond donors (Lipinski definition) is 2. The molecule has 8 heteroatoms. The van der Waals surface area contributed by atoms with E-state index in [1.807, 2.05) is 0 Å². The molecule has 0 fully saturated rings. The van der Waals surface area contributed by atoms with Gasteiger partial charge in [0.25, 0.3) is 0 Å². The number of carbonyl (C=O) groups is 1. The van der Waals surface area contributed by atoms with Gasteiger partial charge in [0.05, 0.1) is 11.5 Å². The highest BCUT2D eigenvalue weighted by Crippen LogP contribution is 2.26. The molecule has 0 atom stereocenters. The number of nitrogens with two attached hydrogens (primary N) is 1. The Morgan fingerprint density at radius 2 is 2.12 bits per heavy atom. The Kier molecular flexibility index (Phi) is 3.69. The van der Waals surface area contributed by atoms with Gasteiger partial charge < -0.3 is 9.84 Å². The van der Waals surface area contributed by atoms with E-state index in [0.717, 1.165) is 6.07 Å². The zero-order valence-electron chi connectivity index (χ0n) is 8.81. The lowest BCUT2D eigenvalue weighted by molar-refractivity contribution is 0.0691. The average Bonchev–Trinajstić information content (AvgIpc) is 2.18. The molecule has 0 aliphatic carbocycles. The van der Waals surface area contributed by atoms with E-state index in [4.69, 9.17) is 15.0 Å². The van der Waals surface area contributed by atoms with E-state index in [0.29, 0.717) is 6.07 Å². The molecule has 3 N–H and O–H groups in total. The lowest BCUT2D eigenvalue weighted by Crippen LogP contribution is -2.15. The van der Waals surface area contributed by atoms with Crippen LogP contribution in [0.1, 0.15) is 17.3 Å². The molecule has 0 spiro atoms. The first-order chi connectivity index (χ1) is 7.77. The van der Waals surface area contributed by atoms with Gasteiger partial charge in [-0.3, -0.25) is 0 Å². The molecule has 1 aromatic rings. The monoisotopic (exact) mass is 263 g/mol. The van der Waals surface area contributed by atoms with Crippen molar-refractivity contribution in [1.82, 2.24) is 0 Å². The lowest BCUT2D eigenvalue weighted by atomic mass is 10.2. The smallest absolute Gasteiger partial charge is 0.339 e. The van der Waals surface area contributed by atoms with Gasteiger partial charge in [-0.1, -0.05) is 0 Å². The maximum Gasteiger partial charge on any atom is 0.339 e. The minimum atomic E-state index is -4.17. The molecule has 17 heavy (non-hydrogen) atoms. The van der Waals surface area contributed by atoms with Crippen molar-refractivity contribution in [2.24, 2.45) is 5.14 Å². The molecule has 1 rings (SSSR count). The predicted molar refractivity (Wildman–Crippen MR) is 55.9 cm³/mol. The third kappa shape index (κ3) is 2.92. The molecule has 0 radical (unpaired) electrons. The number of sulfonamides is 1. The largest absolute Gasteiger partial charge is 0.490 e. The second-order valence-electron chi connectivity index (χ2n) is 3.06. The summed E-state index contributed by atoms with van der Waals surface area (Å²) in [6.07, 6.45) is 0. The normalized spacial score (nSPS) is 11.2. The molecule has 6 nitrogen and oxygen atoms in total. The van der Waals surface area contributed by atoms with Crippen LogP contribution in [0.25, 0.3) is 0 Å². The summed E-state index contributed by atoms with van der Waals surface area (Å²) in [6.45, 7) is 1.59. The lowest BCUT2D eigenvalue weighted by Gasteiger charge is -2.09. The Morgan fingerprint density at radius 1 is 1.53 bits per heavy atom. The van der Waals surface area contributed by atoms with Gasteiger partial charge in [-0.2, -0.15) is 0 Å². The van der Waals surface area contributed by atoms with Gasteiger partial charge in [0.2, 0.25) is 10.0 Å². The second kappa shape index (κ2) is 4.68. The summed E-state index contributed by atoms with van der Waals surface area (Å²) < 4.78 is 40.3. The number of hydrogen-bond acceptors (Lipinski definition) is 4. The summed E-state index contributed by atoms with van der Waals surface area (Å²) in [5.41, 5.74) is -0.587. The summed E-state index contributed by atoms with van der Waals surface area (Å²) in [5.74, 6) is -3.10. The van der Waals surface area contributed by atoms with Gasteiger partial charge in [0.1, 0.15) is 5.56 Å². The molecule has 0 bridgehead atoms. The summed E-state index contributed by atoms with van der Waals surface area (Å²) in [7, 11) is -4.17. The fraction of sp³-hybridized carbons (Fsp3) is 0.222. The van der Waals surface area contributed by atoms with Gasteiger partial charge in [0.15, 0.2) is 11.6 Å². The second-order valence-corrected chi connectivity index (χ2v) is 4.63. The van der Waals surface area contributed by atoms with Crippen LogP contribution in [0.4, 0.5) is 4.39 Å². The highest BCUT2D eigenvalue weighted by atomic mass is 32.2. The molecule has 0 aliphatic rings. The quantitative estimate of drug-likeness (QED) is 0.825. The molecule has 0 aromatic heterocycles. The third-order valence-electron chi connectivity index (χ3n) is 1.86. The van der Waals surface area contributed by atoms with E-state index >= 15 is 0 Å².